The zero-order valence-corrected chi connectivity index (χ0v) is 17.9. The van der Waals surface area contributed by atoms with E-state index in [-0.39, 0.29) is 36.3 Å². The molecular weight excluding hydrogens is 380 g/mol. The Morgan fingerprint density at radius 1 is 1.18 bits per heavy atom. The molecule has 0 bridgehead atoms. The largest absolute Gasteiger partial charge is 0.466 e. The molecule has 0 spiro atoms. The summed E-state index contributed by atoms with van der Waals surface area (Å²) in [6.45, 7) is 6.33. The van der Waals surface area contributed by atoms with E-state index in [1.165, 1.54) is 7.05 Å². The first-order valence-corrected chi connectivity index (χ1v) is 11.1. The van der Waals surface area contributed by atoms with Gasteiger partial charge >= 0.3 is 5.97 Å². The molecule has 8 heteroatoms. The third-order valence-corrected chi connectivity index (χ3v) is 6.76. The van der Waals surface area contributed by atoms with E-state index in [0.29, 0.717) is 19.1 Å². The molecule has 0 saturated heterocycles. The summed E-state index contributed by atoms with van der Waals surface area (Å²) in [5.74, 6) is -0.217. The third-order valence-electron chi connectivity index (χ3n) is 4.96. The number of carbonyl (C=O) groups excluding carboxylic acids is 2. The quantitative estimate of drug-likeness (QED) is 0.552. The summed E-state index contributed by atoms with van der Waals surface area (Å²) >= 11 is 0. The summed E-state index contributed by atoms with van der Waals surface area (Å²) in [6, 6.07) is 4.94. The Kier molecular flexibility index (Phi) is 7.60. The van der Waals surface area contributed by atoms with E-state index in [9.17, 15) is 18.0 Å². The fraction of sp³-hybridized carbons (Fsp3) is 0.600. The van der Waals surface area contributed by atoms with Crippen LogP contribution in [0.4, 0.5) is 0 Å². The number of likely N-dealkylation sites (N-methyl/N-ethyl adjacent to an activating group) is 1. The highest BCUT2D eigenvalue weighted by atomic mass is 32.2. The van der Waals surface area contributed by atoms with Crippen molar-refractivity contribution in [1.82, 2.24) is 9.21 Å². The number of rotatable bonds is 10. The number of benzene rings is 1. The number of hydrogen-bond acceptors (Lipinski definition) is 5. The van der Waals surface area contributed by atoms with Gasteiger partial charge in [-0.25, -0.2) is 8.42 Å². The highest BCUT2D eigenvalue weighted by Crippen LogP contribution is 2.30. The Balaban J connectivity index is 2.05. The lowest BCUT2D eigenvalue weighted by Gasteiger charge is -2.25. The maximum absolute atomic E-state index is 12.8. The molecule has 0 aromatic heterocycles. The molecule has 1 aromatic carbocycles. The monoisotopic (exact) mass is 410 g/mol. The van der Waals surface area contributed by atoms with Gasteiger partial charge in [-0.3, -0.25) is 9.59 Å². The fourth-order valence-corrected chi connectivity index (χ4v) is 4.03. The first-order valence-electron chi connectivity index (χ1n) is 9.62. The summed E-state index contributed by atoms with van der Waals surface area (Å²) in [5.41, 5.74) is 1.89. The van der Waals surface area contributed by atoms with Gasteiger partial charge in [-0.15, -0.1) is 0 Å². The van der Waals surface area contributed by atoms with E-state index in [1.54, 1.807) is 30.0 Å². The van der Waals surface area contributed by atoms with Crippen LogP contribution in [0.2, 0.25) is 0 Å². The Hall–Kier alpha value is -1.93. The highest BCUT2D eigenvalue weighted by Gasteiger charge is 2.30. The molecule has 7 nitrogen and oxygen atoms in total. The average Bonchev–Trinajstić information content (AvgIpc) is 3.45. The summed E-state index contributed by atoms with van der Waals surface area (Å²) in [4.78, 5) is 26.1. The van der Waals surface area contributed by atoms with Crippen LogP contribution in [0.1, 0.15) is 37.3 Å². The summed E-state index contributed by atoms with van der Waals surface area (Å²) in [6.07, 6.45) is 2.22. The number of aryl methyl sites for hydroxylation is 2. The van der Waals surface area contributed by atoms with E-state index in [1.807, 2.05) is 13.8 Å². The molecule has 0 unspecified atom stereocenters. The molecule has 0 radical (unpaired) electrons. The van der Waals surface area contributed by atoms with Gasteiger partial charge in [-0.2, -0.15) is 4.31 Å². The zero-order chi connectivity index (χ0) is 20.9. The first-order chi connectivity index (χ1) is 13.1. The normalized spacial score (nSPS) is 14.2. The van der Waals surface area contributed by atoms with Crippen molar-refractivity contribution in [2.24, 2.45) is 5.92 Å². The van der Waals surface area contributed by atoms with Gasteiger partial charge < -0.3 is 9.64 Å². The second kappa shape index (κ2) is 9.52. The van der Waals surface area contributed by atoms with Crippen LogP contribution < -0.4 is 0 Å². The lowest BCUT2D eigenvalue weighted by atomic mass is 10.1. The third kappa shape index (κ3) is 6.04. The van der Waals surface area contributed by atoms with E-state index >= 15 is 0 Å². The molecule has 28 heavy (non-hydrogen) atoms. The molecule has 1 aromatic rings. The minimum Gasteiger partial charge on any atom is -0.466 e. The Morgan fingerprint density at radius 3 is 2.43 bits per heavy atom. The van der Waals surface area contributed by atoms with E-state index in [2.05, 4.69) is 0 Å². The molecule has 0 aliphatic heterocycles. The molecular formula is C20H30N2O5S. The van der Waals surface area contributed by atoms with Crippen LogP contribution in [-0.4, -0.2) is 62.8 Å². The van der Waals surface area contributed by atoms with Crippen LogP contribution in [0.15, 0.2) is 23.1 Å². The number of nitrogens with zero attached hydrogens (tertiary/aromatic N) is 2. The van der Waals surface area contributed by atoms with Gasteiger partial charge in [0.1, 0.15) is 0 Å². The van der Waals surface area contributed by atoms with Gasteiger partial charge in [-0.05, 0) is 62.8 Å². The van der Waals surface area contributed by atoms with Crippen molar-refractivity contribution in [3.63, 3.8) is 0 Å². The lowest BCUT2D eigenvalue weighted by molar-refractivity contribution is -0.144. The van der Waals surface area contributed by atoms with E-state index < -0.39 is 10.0 Å². The van der Waals surface area contributed by atoms with Crippen LogP contribution in [0.25, 0.3) is 0 Å². The molecule has 1 fully saturated rings. The molecule has 1 saturated carbocycles. The maximum Gasteiger partial charge on any atom is 0.307 e. The minimum atomic E-state index is -3.77. The van der Waals surface area contributed by atoms with Crippen molar-refractivity contribution in [3.05, 3.63) is 29.3 Å². The van der Waals surface area contributed by atoms with Gasteiger partial charge in [0.15, 0.2) is 0 Å². The molecule has 0 heterocycles. The number of sulfonamides is 1. The van der Waals surface area contributed by atoms with Crippen molar-refractivity contribution in [1.29, 1.82) is 0 Å². The van der Waals surface area contributed by atoms with Crippen LogP contribution >= 0.6 is 0 Å². The van der Waals surface area contributed by atoms with Gasteiger partial charge in [0.2, 0.25) is 15.9 Å². The summed E-state index contributed by atoms with van der Waals surface area (Å²) in [5, 5.41) is 0. The van der Waals surface area contributed by atoms with Crippen LogP contribution in [0, 0.1) is 19.8 Å². The van der Waals surface area contributed by atoms with Gasteiger partial charge in [0, 0.05) is 20.1 Å². The van der Waals surface area contributed by atoms with Crippen LogP contribution in [0.3, 0.4) is 0 Å². The molecule has 156 valence electrons. The van der Waals surface area contributed by atoms with Crippen LogP contribution in [-0.2, 0) is 24.3 Å². The second-order valence-corrected chi connectivity index (χ2v) is 9.39. The zero-order valence-electron chi connectivity index (χ0n) is 17.1. The number of carbonyl (C=O) groups is 2. The second-order valence-electron chi connectivity index (χ2n) is 7.35. The van der Waals surface area contributed by atoms with Crippen molar-refractivity contribution < 1.29 is 22.7 Å². The fourth-order valence-electron chi connectivity index (χ4n) is 2.82. The molecule has 1 amide bonds. The minimum absolute atomic E-state index is 0.111. The molecule has 0 N–H and O–H groups in total. The molecule has 2 rings (SSSR count). The van der Waals surface area contributed by atoms with Crippen molar-refractivity contribution >= 4 is 21.9 Å². The first kappa shape index (κ1) is 22.4. The Morgan fingerprint density at radius 2 is 1.86 bits per heavy atom. The number of amides is 1. The van der Waals surface area contributed by atoms with Crippen molar-refractivity contribution in [2.75, 3.05) is 33.3 Å². The van der Waals surface area contributed by atoms with Crippen LogP contribution in [0.5, 0.6) is 0 Å². The standard InChI is InChI=1S/C20H30N2O5S/c1-5-27-20(24)10-11-22(13-17-7-8-17)19(23)14-21(4)28(25,26)18-9-6-15(2)16(3)12-18/h6,9,12,17H,5,7-8,10-11,13-14H2,1-4H3. The van der Waals surface area contributed by atoms with Gasteiger partial charge in [0.25, 0.3) is 0 Å². The molecule has 1 aliphatic carbocycles. The maximum atomic E-state index is 12.8. The summed E-state index contributed by atoms with van der Waals surface area (Å²) < 4.78 is 31.6. The highest BCUT2D eigenvalue weighted by molar-refractivity contribution is 7.89. The topological polar surface area (TPSA) is 84.0 Å². The Bertz CT molecular complexity index is 818. The predicted octanol–water partition coefficient (Wildman–Crippen LogP) is 2.12. The predicted molar refractivity (Wildman–Crippen MR) is 106 cm³/mol. The number of esters is 1. The Labute approximate surface area is 167 Å². The van der Waals surface area contributed by atoms with E-state index in [4.69, 9.17) is 4.74 Å². The lowest BCUT2D eigenvalue weighted by Crippen LogP contribution is -2.43. The van der Waals surface area contributed by atoms with E-state index in [0.717, 1.165) is 28.3 Å². The summed E-state index contributed by atoms with van der Waals surface area (Å²) in [7, 11) is -2.36. The SMILES string of the molecule is CCOC(=O)CCN(CC1CC1)C(=O)CN(C)S(=O)(=O)c1ccc(C)c(C)c1. The van der Waals surface area contributed by atoms with Gasteiger partial charge in [0.05, 0.1) is 24.5 Å². The number of hydrogen-bond donors (Lipinski definition) is 0. The van der Waals surface area contributed by atoms with Gasteiger partial charge in [-0.1, -0.05) is 6.07 Å². The van der Waals surface area contributed by atoms with Crippen molar-refractivity contribution in [3.8, 4) is 0 Å². The average molecular weight is 411 g/mol. The molecule has 0 atom stereocenters. The van der Waals surface area contributed by atoms with Crippen molar-refractivity contribution in [2.45, 2.75) is 44.9 Å². The molecule has 1 aliphatic rings. The smallest absolute Gasteiger partial charge is 0.307 e. The number of ether oxygens (including phenoxy) is 1.